The van der Waals surface area contributed by atoms with Crippen LogP contribution in [-0.2, 0) is 22.6 Å². The molecule has 0 saturated heterocycles. The number of nitriles is 1. The maximum Gasteiger partial charge on any atom is 0.349 e. The van der Waals surface area contributed by atoms with Crippen molar-refractivity contribution in [3.8, 4) is 23.3 Å². The number of hydrogen-bond acceptors (Lipinski definition) is 7. The normalized spacial score (nSPS) is 10.8. The molecule has 1 amide bonds. The number of carbonyl (C=O) groups excluding carboxylic acids is 2. The second-order valence-electron chi connectivity index (χ2n) is 7.30. The lowest BCUT2D eigenvalue weighted by Crippen LogP contribution is -2.23. The predicted molar refractivity (Wildman–Crippen MR) is 129 cm³/mol. The van der Waals surface area contributed by atoms with E-state index in [0.717, 1.165) is 12.0 Å². The van der Waals surface area contributed by atoms with Gasteiger partial charge in [0.15, 0.2) is 18.1 Å². The van der Waals surface area contributed by atoms with Gasteiger partial charge in [-0.15, -0.1) is 0 Å². The van der Waals surface area contributed by atoms with Crippen LogP contribution in [0.1, 0.15) is 30.7 Å². The molecule has 0 aliphatic rings. The number of hydrogen-bond donors (Lipinski definition) is 1. The molecule has 3 aromatic rings. The Morgan fingerprint density at radius 1 is 1.03 bits per heavy atom. The van der Waals surface area contributed by atoms with Gasteiger partial charge in [-0.05, 0) is 60.9 Å². The first kappa shape index (κ1) is 25.1. The van der Waals surface area contributed by atoms with Gasteiger partial charge >= 0.3 is 5.97 Å². The van der Waals surface area contributed by atoms with E-state index in [1.54, 1.807) is 43.3 Å². The number of esters is 1. The number of nitrogens with one attached hydrogen (secondary N) is 1. The summed E-state index contributed by atoms with van der Waals surface area (Å²) in [7, 11) is 0. The van der Waals surface area contributed by atoms with Crippen molar-refractivity contribution in [3.05, 3.63) is 83.3 Å². The molecule has 0 atom stereocenters. The van der Waals surface area contributed by atoms with Gasteiger partial charge in [-0.2, -0.15) is 5.26 Å². The third-order valence-electron chi connectivity index (χ3n) is 4.87. The smallest absolute Gasteiger partial charge is 0.349 e. The maximum absolute atomic E-state index is 12.4. The van der Waals surface area contributed by atoms with Crippen molar-refractivity contribution < 1.29 is 28.2 Å². The van der Waals surface area contributed by atoms with Crippen LogP contribution in [0.25, 0.3) is 6.08 Å². The first-order chi connectivity index (χ1) is 17.0. The monoisotopic (exact) mass is 474 g/mol. The number of rotatable bonds is 11. The van der Waals surface area contributed by atoms with Gasteiger partial charge in [0.1, 0.15) is 23.2 Å². The van der Waals surface area contributed by atoms with Gasteiger partial charge in [0.05, 0.1) is 19.4 Å². The average Bonchev–Trinajstić information content (AvgIpc) is 3.40. The molecule has 180 valence electrons. The lowest BCUT2D eigenvalue weighted by Gasteiger charge is -2.13. The molecule has 1 aromatic heterocycles. The Bertz CT molecular complexity index is 1220. The number of aryl methyl sites for hydroxylation is 1. The summed E-state index contributed by atoms with van der Waals surface area (Å²) in [6.07, 6.45) is 3.71. The van der Waals surface area contributed by atoms with Crippen LogP contribution in [-0.4, -0.2) is 25.1 Å². The summed E-state index contributed by atoms with van der Waals surface area (Å²) < 4.78 is 21.8. The van der Waals surface area contributed by atoms with Gasteiger partial charge in [-0.3, -0.25) is 4.79 Å². The number of para-hydroxylation sites is 1. The van der Waals surface area contributed by atoms with Crippen molar-refractivity contribution in [1.82, 2.24) is 5.32 Å². The molecule has 2 aromatic carbocycles. The topological polar surface area (TPSA) is 111 Å². The molecule has 0 radical (unpaired) electrons. The van der Waals surface area contributed by atoms with E-state index in [2.05, 4.69) is 5.32 Å². The Morgan fingerprint density at radius 3 is 2.57 bits per heavy atom. The first-order valence-electron chi connectivity index (χ1n) is 11.1. The van der Waals surface area contributed by atoms with Crippen molar-refractivity contribution in [2.24, 2.45) is 0 Å². The standard InChI is InChI=1S/C27H26N2O6/c1-3-20-8-5-6-10-23(20)34-18-26(30)35-24-12-11-19(15-25(24)32-4-2)14-21(16-28)27(31)29-17-22-9-7-13-33-22/h5-15H,3-4,17-18H2,1-2H3,(H,29,31)/b21-14+. The van der Waals surface area contributed by atoms with Gasteiger partial charge < -0.3 is 23.9 Å². The second-order valence-corrected chi connectivity index (χ2v) is 7.30. The first-order valence-corrected chi connectivity index (χ1v) is 11.1. The van der Waals surface area contributed by atoms with E-state index in [0.29, 0.717) is 29.4 Å². The molecule has 0 unspecified atom stereocenters. The molecule has 0 fully saturated rings. The van der Waals surface area contributed by atoms with Crippen LogP contribution in [0.4, 0.5) is 0 Å². The van der Waals surface area contributed by atoms with Crippen molar-refractivity contribution in [3.63, 3.8) is 0 Å². The minimum atomic E-state index is -0.588. The van der Waals surface area contributed by atoms with E-state index in [-0.39, 0.29) is 24.5 Å². The van der Waals surface area contributed by atoms with Gasteiger partial charge in [-0.1, -0.05) is 31.2 Å². The second kappa shape index (κ2) is 12.7. The molecule has 1 heterocycles. The highest BCUT2D eigenvalue weighted by Crippen LogP contribution is 2.30. The molecule has 0 spiro atoms. The third kappa shape index (κ3) is 7.24. The minimum absolute atomic E-state index is 0.0910. The van der Waals surface area contributed by atoms with Crippen molar-refractivity contribution >= 4 is 18.0 Å². The third-order valence-corrected chi connectivity index (χ3v) is 4.87. The van der Waals surface area contributed by atoms with Crippen LogP contribution >= 0.6 is 0 Å². The quantitative estimate of drug-likeness (QED) is 0.189. The van der Waals surface area contributed by atoms with Crippen molar-refractivity contribution in [2.45, 2.75) is 26.8 Å². The van der Waals surface area contributed by atoms with Crippen LogP contribution in [0.2, 0.25) is 0 Å². The van der Waals surface area contributed by atoms with E-state index in [9.17, 15) is 14.9 Å². The lowest BCUT2D eigenvalue weighted by molar-refractivity contribution is -0.136. The predicted octanol–water partition coefficient (Wildman–Crippen LogP) is 4.45. The molecule has 35 heavy (non-hydrogen) atoms. The molecular weight excluding hydrogens is 448 g/mol. The zero-order valence-electron chi connectivity index (χ0n) is 19.6. The highest BCUT2D eigenvalue weighted by Gasteiger charge is 2.14. The summed E-state index contributed by atoms with van der Waals surface area (Å²) in [4.78, 5) is 24.8. The summed E-state index contributed by atoms with van der Waals surface area (Å²) in [5, 5.41) is 12.1. The fourth-order valence-electron chi connectivity index (χ4n) is 3.18. The molecular formula is C27H26N2O6. The maximum atomic E-state index is 12.4. The van der Waals surface area contributed by atoms with E-state index >= 15 is 0 Å². The van der Waals surface area contributed by atoms with Crippen LogP contribution in [0.15, 0.2) is 70.9 Å². The summed E-state index contributed by atoms with van der Waals surface area (Å²) in [5.74, 6) is 0.588. The van der Waals surface area contributed by atoms with Crippen LogP contribution in [0.3, 0.4) is 0 Å². The zero-order chi connectivity index (χ0) is 25.0. The fourth-order valence-corrected chi connectivity index (χ4v) is 3.18. The molecule has 8 nitrogen and oxygen atoms in total. The Morgan fingerprint density at radius 2 is 1.86 bits per heavy atom. The number of carbonyl (C=O) groups is 2. The lowest BCUT2D eigenvalue weighted by atomic mass is 10.1. The summed E-state index contributed by atoms with van der Waals surface area (Å²) in [5.41, 5.74) is 1.44. The van der Waals surface area contributed by atoms with Gasteiger partial charge in [-0.25, -0.2) is 4.79 Å². The number of furan rings is 1. The highest BCUT2D eigenvalue weighted by molar-refractivity contribution is 6.01. The van der Waals surface area contributed by atoms with Crippen molar-refractivity contribution in [1.29, 1.82) is 5.26 Å². The summed E-state index contributed by atoms with van der Waals surface area (Å²) >= 11 is 0. The highest BCUT2D eigenvalue weighted by atomic mass is 16.6. The average molecular weight is 475 g/mol. The summed E-state index contributed by atoms with van der Waals surface area (Å²) in [6, 6.07) is 17.6. The largest absolute Gasteiger partial charge is 0.490 e. The fraction of sp³-hybridized carbons (Fsp3) is 0.222. The number of ether oxygens (including phenoxy) is 3. The Hall–Kier alpha value is -4.51. The Labute approximate surface area is 203 Å². The van der Waals surface area contributed by atoms with Crippen LogP contribution in [0, 0.1) is 11.3 Å². The van der Waals surface area contributed by atoms with Gasteiger partial charge in [0.25, 0.3) is 5.91 Å². The van der Waals surface area contributed by atoms with Crippen LogP contribution in [0.5, 0.6) is 17.2 Å². The van der Waals surface area contributed by atoms with E-state index in [4.69, 9.17) is 18.6 Å². The molecule has 0 aliphatic carbocycles. The molecule has 3 rings (SSSR count). The molecule has 0 aliphatic heterocycles. The Kier molecular flexibility index (Phi) is 9.08. The zero-order valence-corrected chi connectivity index (χ0v) is 19.6. The molecule has 8 heteroatoms. The SMILES string of the molecule is CCOc1cc(/C=C(\C#N)C(=O)NCc2ccco2)ccc1OC(=O)COc1ccccc1CC. The Balaban J connectivity index is 1.68. The van der Waals surface area contributed by atoms with Gasteiger partial charge in [0, 0.05) is 0 Å². The van der Waals surface area contributed by atoms with E-state index in [1.807, 2.05) is 31.2 Å². The number of nitrogens with zero attached hydrogens (tertiary/aromatic N) is 1. The number of amides is 1. The van der Waals surface area contributed by atoms with Crippen LogP contribution < -0.4 is 19.5 Å². The summed E-state index contributed by atoms with van der Waals surface area (Å²) in [6.45, 7) is 4.02. The van der Waals surface area contributed by atoms with Crippen molar-refractivity contribution in [2.75, 3.05) is 13.2 Å². The van der Waals surface area contributed by atoms with E-state index in [1.165, 1.54) is 12.3 Å². The number of benzene rings is 2. The van der Waals surface area contributed by atoms with Gasteiger partial charge in [0.2, 0.25) is 0 Å². The molecule has 0 bridgehead atoms. The molecule has 1 N–H and O–H groups in total. The van der Waals surface area contributed by atoms with E-state index < -0.39 is 11.9 Å². The minimum Gasteiger partial charge on any atom is -0.490 e. The molecule has 0 saturated carbocycles.